The van der Waals surface area contributed by atoms with Crippen LogP contribution in [0, 0.1) is 12.8 Å². The van der Waals surface area contributed by atoms with E-state index in [1.54, 1.807) is 11.9 Å². The van der Waals surface area contributed by atoms with Crippen LogP contribution in [-0.4, -0.2) is 61.1 Å². The van der Waals surface area contributed by atoms with Crippen LogP contribution in [0.15, 0.2) is 18.2 Å². The number of nitrogens with one attached hydrogen (secondary N) is 1. The van der Waals surface area contributed by atoms with Gasteiger partial charge in [0.1, 0.15) is 0 Å². The summed E-state index contributed by atoms with van der Waals surface area (Å²) in [5.41, 5.74) is 2.32. The maximum Gasteiger partial charge on any atom is 0.321 e. The predicted molar refractivity (Wildman–Crippen MR) is 106 cm³/mol. The summed E-state index contributed by atoms with van der Waals surface area (Å²) in [6.45, 7) is 7.18. The van der Waals surface area contributed by atoms with Crippen LogP contribution >= 0.6 is 0 Å². The first-order valence-corrected chi connectivity index (χ1v) is 9.97. The number of carbonyl (C=O) groups excluding carboxylic acids is 2. The molecule has 1 atom stereocenters. The molecule has 1 N–H and O–H groups in total. The minimum Gasteiger partial charge on any atom is -0.376 e. The highest BCUT2D eigenvalue weighted by atomic mass is 16.5. The van der Waals surface area contributed by atoms with Crippen LogP contribution < -0.4 is 5.32 Å². The van der Waals surface area contributed by atoms with Gasteiger partial charge in [0, 0.05) is 44.5 Å². The molecule has 2 heterocycles. The lowest BCUT2D eigenvalue weighted by atomic mass is 9.98. The number of benzene rings is 1. The zero-order chi connectivity index (χ0) is 19.4. The summed E-state index contributed by atoms with van der Waals surface area (Å²) in [7, 11) is 1.78. The van der Waals surface area contributed by atoms with E-state index in [0.29, 0.717) is 18.0 Å². The Labute approximate surface area is 161 Å². The number of rotatable bonds is 4. The number of ether oxygens (including phenoxy) is 1. The Kier molecular flexibility index (Phi) is 6.37. The Morgan fingerprint density at radius 3 is 2.63 bits per heavy atom. The van der Waals surface area contributed by atoms with Gasteiger partial charge in [-0.2, -0.15) is 0 Å². The summed E-state index contributed by atoms with van der Waals surface area (Å²) < 4.78 is 5.59. The second-order valence-electron chi connectivity index (χ2n) is 7.95. The molecule has 0 spiro atoms. The van der Waals surface area contributed by atoms with Crippen molar-refractivity contribution >= 4 is 17.6 Å². The molecule has 2 aliphatic rings. The van der Waals surface area contributed by atoms with Crippen molar-refractivity contribution in [2.24, 2.45) is 5.92 Å². The van der Waals surface area contributed by atoms with Crippen molar-refractivity contribution in [3.05, 3.63) is 29.3 Å². The minimum atomic E-state index is -0.155. The van der Waals surface area contributed by atoms with E-state index >= 15 is 0 Å². The molecule has 27 heavy (non-hydrogen) atoms. The van der Waals surface area contributed by atoms with Crippen molar-refractivity contribution in [1.29, 1.82) is 0 Å². The topological polar surface area (TPSA) is 61.9 Å². The second kappa shape index (κ2) is 8.74. The highest BCUT2D eigenvalue weighted by Crippen LogP contribution is 2.22. The van der Waals surface area contributed by atoms with Crippen LogP contribution in [0.4, 0.5) is 10.5 Å². The molecule has 0 aliphatic carbocycles. The van der Waals surface area contributed by atoms with Gasteiger partial charge in [-0.1, -0.05) is 6.92 Å². The fourth-order valence-electron chi connectivity index (χ4n) is 3.72. The van der Waals surface area contributed by atoms with Crippen molar-refractivity contribution in [2.45, 2.75) is 45.6 Å². The number of likely N-dealkylation sites (N-methyl/N-ethyl adjacent to an activating group) is 1. The van der Waals surface area contributed by atoms with E-state index in [2.05, 4.69) is 12.2 Å². The van der Waals surface area contributed by atoms with Gasteiger partial charge >= 0.3 is 6.03 Å². The fourth-order valence-corrected chi connectivity index (χ4v) is 3.72. The van der Waals surface area contributed by atoms with Crippen molar-refractivity contribution in [3.8, 4) is 0 Å². The molecule has 0 aromatic heterocycles. The average Bonchev–Trinajstić information content (AvgIpc) is 3.16. The van der Waals surface area contributed by atoms with Gasteiger partial charge in [0.25, 0.3) is 5.91 Å². The largest absolute Gasteiger partial charge is 0.376 e. The van der Waals surface area contributed by atoms with Gasteiger partial charge < -0.3 is 19.9 Å². The molecule has 2 aliphatic heterocycles. The zero-order valence-electron chi connectivity index (χ0n) is 16.7. The first-order valence-electron chi connectivity index (χ1n) is 9.97. The third-order valence-corrected chi connectivity index (χ3v) is 5.63. The van der Waals surface area contributed by atoms with E-state index in [4.69, 9.17) is 4.74 Å². The second-order valence-corrected chi connectivity index (χ2v) is 7.95. The molecular formula is C21H31N3O3. The van der Waals surface area contributed by atoms with Crippen LogP contribution in [0.5, 0.6) is 0 Å². The monoisotopic (exact) mass is 373 g/mol. The molecule has 3 amide bonds. The third kappa shape index (κ3) is 5.01. The zero-order valence-corrected chi connectivity index (χ0v) is 16.7. The quantitative estimate of drug-likeness (QED) is 0.878. The summed E-state index contributed by atoms with van der Waals surface area (Å²) in [5.74, 6) is 0.776. The lowest BCUT2D eigenvalue weighted by molar-refractivity contribution is 0.0697. The lowest BCUT2D eigenvalue weighted by Gasteiger charge is -2.30. The van der Waals surface area contributed by atoms with E-state index in [1.165, 1.54) is 0 Å². The van der Waals surface area contributed by atoms with Crippen LogP contribution in [-0.2, 0) is 4.74 Å². The van der Waals surface area contributed by atoms with Gasteiger partial charge in [-0.05, 0) is 62.3 Å². The SMILES string of the molecule is Cc1cc(C(=O)N2CCC(C)CC2)ccc1NC(=O)N(C)C[C@H]1CCCO1. The minimum absolute atomic E-state index is 0.0818. The number of piperidine rings is 1. The van der Waals surface area contributed by atoms with Crippen LogP contribution in [0.3, 0.4) is 0 Å². The van der Waals surface area contributed by atoms with Gasteiger partial charge in [0.2, 0.25) is 0 Å². The summed E-state index contributed by atoms with van der Waals surface area (Å²) in [5, 5.41) is 2.94. The molecule has 0 bridgehead atoms. The molecule has 2 fully saturated rings. The van der Waals surface area contributed by atoms with Crippen molar-refractivity contribution in [3.63, 3.8) is 0 Å². The number of carbonyl (C=O) groups is 2. The molecule has 0 unspecified atom stereocenters. The maximum absolute atomic E-state index is 12.7. The van der Waals surface area contributed by atoms with Crippen LogP contribution in [0.2, 0.25) is 0 Å². The number of urea groups is 1. The average molecular weight is 373 g/mol. The van der Waals surface area contributed by atoms with Gasteiger partial charge in [0.15, 0.2) is 0 Å². The number of aryl methyl sites for hydroxylation is 1. The Hall–Kier alpha value is -2.08. The number of hydrogen-bond donors (Lipinski definition) is 1. The van der Waals surface area contributed by atoms with E-state index in [-0.39, 0.29) is 18.0 Å². The van der Waals surface area contributed by atoms with Gasteiger partial charge in [-0.15, -0.1) is 0 Å². The predicted octanol–water partition coefficient (Wildman–Crippen LogP) is 3.51. The Balaban J connectivity index is 1.58. The molecule has 1 aromatic carbocycles. The van der Waals surface area contributed by atoms with Crippen molar-refractivity contribution in [1.82, 2.24) is 9.80 Å². The van der Waals surface area contributed by atoms with E-state index in [0.717, 1.165) is 56.6 Å². The smallest absolute Gasteiger partial charge is 0.321 e. The summed E-state index contributed by atoms with van der Waals surface area (Å²) >= 11 is 0. The molecule has 3 rings (SSSR count). The van der Waals surface area contributed by atoms with E-state index in [1.807, 2.05) is 30.0 Å². The first-order chi connectivity index (χ1) is 12.9. The number of amides is 3. The highest BCUT2D eigenvalue weighted by molar-refractivity contribution is 5.96. The Morgan fingerprint density at radius 2 is 2.00 bits per heavy atom. The lowest BCUT2D eigenvalue weighted by Crippen LogP contribution is -2.38. The van der Waals surface area contributed by atoms with Gasteiger partial charge in [-0.25, -0.2) is 4.79 Å². The maximum atomic E-state index is 12.7. The molecule has 0 saturated carbocycles. The number of anilines is 1. The van der Waals surface area contributed by atoms with Crippen molar-refractivity contribution < 1.29 is 14.3 Å². The summed E-state index contributed by atoms with van der Waals surface area (Å²) in [6, 6.07) is 5.35. The molecule has 6 nitrogen and oxygen atoms in total. The highest BCUT2D eigenvalue weighted by Gasteiger charge is 2.23. The number of nitrogens with zero attached hydrogens (tertiary/aromatic N) is 2. The van der Waals surface area contributed by atoms with Crippen molar-refractivity contribution in [2.75, 3.05) is 38.6 Å². The van der Waals surface area contributed by atoms with Gasteiger partial charge in [-0.3, -0.25) is 4.79 Å². The molecule has 1 aromatic rings. The first kappa shape index (κ1) is 19.7. The third-order valence-electron chi connectivity index (χ3n) is 5.63. The molecule has 6 heteroatoms. The van der Waals surface area contributed by atoms with E-state index in [9.17, 15) is 9.59 Å². The Morgan fingerprint density at radius 1 is 1.26 bits per heavy atom. The standard InChI is InChI=1S/C21H31N3O3/c1-15-8-10-24(11-9-15)20(25)17-6-7-19(16(2)13-17)22-21(26)23(3)14-18-5-4-12-27-18/h6-7,13,15,18H,4-5,8-12,14H2,1-3H3,(H,22,26)/t18-/m1/s1. The molecule has 2 saturated heterocycles. The molecule has 0 radical (unpaired) electrons. The normalized spacial score (nSPS) is 20.6. The van der Waals surface area contributed by atoms with E-state index < -0.39 is 0 Å². The number of likely N-dealkylation sites (tertiary alicyclic amines) is 1. The van der Waals surface area contributed by atoms with Crippen LogP contribution in [0.25, 0.3) is 0 Å². The van der Waals surface area contributed by atoms with Crippen LogP contribution in [0.1, 0.15) is 48.5 Å². The van der Waals surface area contributed by atoms with Gasteiger partial charge in [0.05, 0.1) is 6.10 Å². The summed E-state index contributed by atoms with van der Waals surface area (Å²) in [6.07, 6.45) is 4.33. The molecule has 148 valence electrons. The summed E-state index contributed by atoms with van der Waals surface area (Å²) in [4.78, 5) is 28.7. The Bertz CT molecular complexity index is 677. The number of hydrogen-bond acceptors (Lipinski definition) is 3. The fraction of sp³-hybridized carbons (Fsp3) is 0.619. The molecular weight excluding hydrogens is 342 g/mol.